The van der Waals surface area contributed by atoms with Gasteiger partial charge in [0.25, 0.3) is 0 Å². The highest BCUT2D eigenvalue weighted by Crippen LogP contribution is 2.30. The summed E-state index contributed by atoms with van der Waals surface area (Å²) < 4.78 is 37.4. The van der Waals surface area contributed by atoms with E-state index in [0.29, 0.717) is 5.69 Å². The largest absolute Gasteiger partial charge is 0.416 e. The van der Waals surface area contributed by atoms with Crippen LogP contribution in [0.25, 0.3) is 0 Å². The highest BCUT2D eigenvalue weighted by molar-refractivity contribution is 5.53. The lowest BCUT2D eigenvalue weighted by Crippen LogP contribution is -2.10. The molecule has 0 saturated heterocycles. The van der Waals surface area contributed by atoms with E-state index in [2.05, 4.69) is 10.9 Å². The van der Waals surface area contributed by atoms with Gasteiger partial charge in [-0.3, -0.25) is 0 Å². The van der Waals surface area contributed by atoms with E-state index in [0.717, 1.165) is 17.8 Å². The Labute approximate surface area is 102 Å². The lowest BCUT2D eigenvalue weighted by Gasteiger charge is -2.12. The maximum Gasteiger partial charge on any atom is 0.416 e. The predicted octanol–water partition coefficient (Wildman–Crippen LogP) is 4.14. The summed E-state index contributed by atoms with van der Waals surface area (Å²) in [6.45, 7) is 0. The summed E-state index contributed by atoms with van der Waals surface area (Å²) in [5.41, 5.74) is 6.00. The van der Waals surface area contributed by atoms with Gasteiger partial charge in [0, 0.05) is 0 Å². The molecule has 0 aromatic heterocycles. The molecule has 0 atom stereocenters. The van der Waals surface area contributed by atoms with Crippen molar-refractivity contribution in [3.05, 3.63) is 60.2 Å². The second kappa shape index (κ2) is 5.00. The van der Waals surface area contributed by atoms with E-state index in [1.165, 1.54) is 6.07 Å². The zero-order chi connectivity index (χ0) is 13.0. The first-order valence-electron chi connectivity index (χ1n) is 5.30. The molecule has 18 heavy (non-hydrogen) atoms. The van der Waals surface area contributed by atoms with E-state index >= 15 is 0 Å². The van der Waals surface area contributed by atoms with Crippen LogP contribution < -0.4 is 10.9 Å². The van der Waals surface area contributed by atoms with Crippen LogP contribution in [-0.2, 0) is 6.18 Å². The number of nitrogens with one attached hydrogen (secondary N) is 2. The van der Waals surface area contributed by atoms with Crippen LogP contribution in [0.15, 0.2) is 54.6 Å². The van der Waals surface area contributed by atoms with Gasteiger partial charge in [-0.05, 0) is 30.3 Å². The van der Waals surface area contributed by atoms with Crippen LogP contribution in [0.1, 0.15) is 5.56 Å². The Kier molecular flexibility index (Phi) is 3.41. The Morgan fingerprint density at radius 1 is 0.722 bits per heavy atom. The molecule has 0 bridgehead atoms. The van der Waals surface area contributed by atoms with E-state index in [1.807, 2.05) is 18.2 Å². The third-order valence-corrected chi connectivity index (χ3v) is 2.31. The number of halogens is 3. The van der Waals surface area contributed by atoms with Crippen LogP contribution in [-0.4, -0.2) is 0 Å². The number of para-hydroxylation sites is 1. The molecule has 0 spiro atoms. The van der Waals surface area contributed by atoms with Gasteiger partial charge in [-0.1, -0.05) is 24.3 Å². The molecule has 5 heteroatoms. The first-order chi connectivity index (χ1) is 8.55. The molecule has 2 aromatic rings. The van der Waals surface area contributed by atoms with Gasteiger partial charge >= 0.3 is 6.18 Å². The van der Waals surface area contributed by atoms with Crippen LogP contribution in [0.4, 0.5) is 24.5 Å². The van der Waals surface area contributed by atoms with Gasteiger partial charge in [-0.2, -0.15) is 13.2 Å². The molecule has 2 aromatic carbocycles. The Balaban J connectivity index is 2.06. The van der Waals surface area contributed by atoms with Gasteiger partial charge in [0.05, 0.1) is 16.9 Å². The van der Waals surface area contributed by atoms with Crippen molar-refractivity contribution in [1.82, 2.24) is 0 Å². The van der Waals surface area contributed by atoms with Crippen LogP contribution in [0.3, 0.4) is 0 Å². The Morgan fingerprint density at radius 2 is 1.33 bits per heavy atom. The van der Waals surface area contributed by atoms with Crippen molar-refractivity contribution in [3.8, 4) is 0 Å². The normalized spacial score (nSPS) is 11.1. The molecule has 0 radical (unpaired) electrons. The van der Waals surface area contributed by atoms with Crippen molar-refractivity contribution < 1.29 is 13.2 Å². The Morgan fingerprint density at radius 3 is 2.00 bits per heavy atom. The fraction of sp³-hybridized carbons (Fsp3) is 0.0769. The molecule has 0 fully saturated rings. The third kappa shape index (κ3) is 3.16. The van der Waals surface area contributed by atoms with Gasteiger partial charge in [0.1, 0.15) is 0 Å². The summed E-state index contributed by atoms with van der Waals surface area (Å²) in [4.78, 5) is 0. The van der Waals surface area contributed by atoms with E-state index in [-0.39, 0.29) is 0 Å². The standard InChI is InChI=1S/C13H11F3N2/c14-13(15,16)10-5-4-8-12(9-10)18-17-11-6-2-1-3-7-11/h1-9,17-18H. The maximum absolute atomic E-state index is 12.5. The first-order valence-corrected chi connectivity index (χ1v) is 5.30. The molecule has 0 saturated carbocycles. The van der Waals surface area contributed by atoms with Crippen LogP contribution in [0, 0.1) is 0 Å². The van der Waals surface area contributed by atoms with Crippen molar-refractivity contribution >= 4 is 11.4 Å². The number of anilines is 2. The average molecular weight is 252 g/mol. The second-order valence-corrected chi connectivity index (χ2v) is 3.69. The molecule has 0 amide bonds. The molecule has 0 aliphatic carbocycles. The van der Waals surface area contributed by atoms with Crippen molar-refractivity contribution in [2.75, 3.05) is 10.9 Å². The summed E-state index contributed by atoms with van der Waals surface area (Å²) in [5, 5.41) is 0. The fourth-order valence-electron chi connectivity index (χ4n) is 1.44. The molecule has 0 unspecified atom stereocenters. The topological polar surface area (TPSA) is 24.1 Å². The average Bonchev–Trinajstić information content (AvgIpc) is 2.37. The van der Waals surface area contributed by atoms with E-state index < -0.39 is 11.7 Å². The van der Waals surface area contributed by atoms with Gasteiger partial charge in [0.15, 0.2) is 0 Å². The molecule has 0 aliphatic rings. The minimum absolute atomic E-state index is 0.355. The molecule has 2 N–H and O–H groups in total. The SMILES string of the molecule is FC(F)(F)c1cccc(NNc2ccccc2)c1. The Bertz CT molecular complexity index is 509. The maximum atomic E-state index is 12.5. The predicted molar refractivity (Wildman–Crippen MR) is 65.1 cm³/mol. The molecule has 2 rings (SSSR count). The number of hydrogen-bond acceptors (Lipinski definition) is 2. The highest BCUT2D eigenvalue weighted by Gasteiger charge is 2.30. The van der Waals surface area contributed by atoms with Crippen molar-refractivity contribution in [3.63, 3.8) is 0 Å². The van der Waals surface area contributed by atoms with Gasteiger partial charge < -0.3 is 10.9 Å². The minimum atomic E-state index is -4.33. The minimum Gasteiger partial charge on any atom is -0.301 e. The number of hydrogen-bond donors (Lipinski definition) is 2. The van der Waals surface area contributed by atoms with E-state index in [4.69, 9.17) is 0 Å². The second-order valence-electron chi connectivity index (χ2n) is 3.69. The summed E-state index contributed by atoms with van der Waals surface area (Å²) in [6.07, 6.45) is -4.33. The first kappa shape index (κ1) is 12.3. The molecule has 94 valence electrons. The summed E-state index contributed by atoms with van der Waals surface area (Å²) >= 11 is 0. The molecule has 0 heterocycles. The monoisotopic (exact) mass is 252 g/mol. The quantitative estimate of drug-likeness (QED) is 0.802. The molecule has 0 aliphatic heterocycles. The van der Waals surface area contributed by atoms with Gasteiger partial charge in [0.2, 0.25) is 0 Å². The van der Waals surface area contributed by atoms with Crippen molar-refractivity contribution in [2.45, 2.75) is 6.18 Å². The number of rotatable bonds is 3. The molecular formula is C13H11F3N2. The number of alkyl halides is 3. The van der Waals surface area contributed by atoms with Crippen molar-refractivity contribution in [2.24, 2.45) is 0 Å². The highest BCUT2D eigenvalue weighted by atomic mass is 19.4. The zero-order valence-electron chi connectivity index (χ0n) is 9.33. The van der Waals surface area contributed by atoms with E-state index in [9.17, 15) is 13.2 Å². The number of benzene rings is 2. The fourth-order valence-corrected chi connectivity index (χ4v) is 1.44. The smallest absolute Gasteiger partial charge is 0.301 e. The van der Waals surface area contributed by atoms with E-state index in [1.54, 1.807) is 18.2 Å². The third-order valence-electron chi connectivity index (χ3n) is 2.31. The lowest BCUT2D eigenvalue weighted by atomic mass is 10.2. The summed E-state index contributed by atoms with van der Waals surface area (Å²) in [5.74, 6) is 0. The zero-order valence-corrected chi connectivity index (χ0v) is 9.33. The van der Waals surface area contributed by atoms with Crippen LogP contribution >= 0.6 is 0 Å². The molecule has 2 nitrogen and oxygen atoms in total. The number of hydrazine groups is 1. The summed E-state index contributed by atoms with van der Waals surface area (Å²) in [7, 11) is 0. The van der Waals surface area contributed by atoms with Gasteiger partial charge in [-0.25, -0.2) is 0 Å². The van der Waals surface area contributed by atoms with Gasteiger partial charge in [-0.15, -0.1) is 0 Å². The lowest BCUT2D eigenvalue weighted by molar-refractivity contribution is -0.137. The van der Waals surface area contributed by atoms with Crippen LogP contribution in [0.2, 0.25) is 0 Å². The molecular weight excluding hydrogens is 241 g/mol. The van der Waals surface area contributed by atoms with Crippen molar-refractivity contribution in [1.29, 1.82) is 0 Å². The summed E-state index contributed by atoms with van der Waals surface area (Å²) in [6, 6.07) is 14.1. The Hall–Kier alpha value is -2.17. The van der Waals surface area contributed by atoms with Crippen LogP contribution in [0.5, 0.6) is 0 Å².